The van der Waals surface area contributed by atoms with E-state index in [1.807, 2.05) is 37.3 Å². The number of hydrogen-bond acceptors (Lipinski definition) is 3. The van der Waals surface area contributed by atoms with Crippen molar-refractivity contribution in [1.29, 1.82) is 0 Å². The number of rotatable bonds is 6. The van der Waals surface area contributed by atoms with Crippen molar-refractivity contribution in [2.75, 3.05) is 18.5 Å². The van der Waals surface area contributed by atoms with Crippen LogP contribution >= 0.6 is 12.2 Å². The van der Waals surface area contributed by atoms with Gasteiger partial charge in [0.05, 0.1) is 12.3 Å². The number of hydrogen-bond donors (Lipinski definition) is 2. The van der Waals surface area contributed by atoms with Crippen LogP contribution in [0.3, 0.4) is 0 Å². The third-order valence-corrected chi connectivity index (χ3v) is 5.46. The van der Waals surface area contributed by atoms with Gasteiger partial charge in [-0.3, -0.25) is 4.90 Å². The van der Waals surface area contributed by atoms with Crippen molar-refractivity contribution < 1.29 is 4.74 Å². The molecule has 2 aliphatic heterocycles. The van der Waals surface area contributed by atoms with E-state index in [1.54, 1.807) is 0 Å². The van der Waals surface area contributed by atoms with Crippen LogP contribution in [0.4, 0.5) is 5.69 Å². The lowest BCUT2D eigenvalue weighted by atomic mass is 9.82. The van der Waals surface area contributed by atoms with E-state index in [0.717, 1.165) is 30.8 Å². The fourth-order valence-corrected chi connectivity index (χ4v) is 4.52. The molecule has 0 spiro atoms. The zero-order valence-corrected chi connectivity index (χ0v) is 15.9. The summed E-state index contributed by atoms with van der Waals surface area (Å²) < 4.78 is 5.66. The van der Waals surface area contributed by atoms with Crippen molar-refractivity contribution in [3.63, 3.8) is 0 Å². The molecular weight excluding hydrogens is 330 g/mol. The number of piperidine rings is 2. The maximum atomic E-state index is 5.66. The van der Waals surface area contributed by atoms with Crippen LogP contribution in [-0.2, 0) is 0 Å². The summed E-state index contributed by atoms with van der Waals surface area (Å²) in [5, 5.41) is 7.54. The molecule has 3 rings (SSSR count). The molecule has 0 radical (unpaired) electrons. The fraction of sp³-hybridized carbons (Fsp3) is 0.550. The number of nitrogens with one attached hydrogen (secondary N) is 2. The van der Waals surface area contributed by atoms with Gasteiger partial charge in [0.25, 0.3) is 0 Å². The summed E-state index contributed by atoms with van der Waals surface area (Å²) in [5.74, 6) is 0.840. The molecule has 4 nitrogen and oxygen atoms in total. The van der Waals surface area contributed by atoms with Crippen molar-refractivity contribution in [2.45, 2.75) is 57.2 Å². The highest BCUT2D eigenvalue weighted by atomic mass is 32.1. The molecule has 2 aliphatic rings. The summed E-state index contributed by atoms with van der Waals surface area (Å²) in [6.07, 6.45) is 8.26. The van der Waals surface area contributed by atoms with Crippen LogP contribution in [0.25, 0.3) is 0 Å². The molecule has 2 fully saturated rings. The number of thiocarbonyl (C=S) groups is 1. The Balaban J connectivity index is 1.58. The lowest BCUT2D eigenvalue weighted by Gasteiger charge is -2.48. The van der Waals surface area contributed by atoms with E-state index in [-0.39, 0.29) is 0 Å². The van der Waals surface area contributed by atoms with Gasteiger partial charge in [0.2, 0.25) is 0 Å². The number of fused-ring (bicyclic) bond motifs is 2. The Morgan fingerprint density at radius 3 is 2.72 bits per heavy atom. The highest BCUT2D eigenvalue weighted by Gasteiger charge is 2.37. The Kier molecular flexibility index (Phi) is 6.32. The molecule has 2 bridgehead atoms. The zero-order chi connectivity index (χ0) is 17.6. The minimum Gasteiger partial charge on any atom is -0.492 e. The SMILES string of the molecule is C=CCN1C2CCCC1CC(NC(=S)Nc1ccccc1OCC)C2. The molecule has 0 amide bonds. The molecule has 2 N–H and O–H groups in total. The first-order valence-electron chi connectivity index (χ1n) is 9.37. The molecule has 2 unspecified atom stereocenters. The Morgan fingerprint density at radius 1 is 1.32 bits per heavy atom. The van der Waals surface area contributed by atoms with Crippen LogP contribution < -0.4 is 15.4 Å². The van der Waals surface area contributed by atoms with Gasteiger partial charge >= 0.3 is 0 Å². The Morgan fingerprint density at radius 2 is 2.04 bits per heavy atom. The van der Waals surface area contributed by atoms with E-state index in [2.05, 4.69) is 22.1 Å². The standard InChI is InChI=1S/C20H29N3OS/c1-3-12-23-16-8-7-9-17(23)14-15(13-16)21-20(25)22-18-10-5-6-11-19(18)24-4-2/h3,5-6,10-11,15-17H,1,4,7-9,12-14H2,2H3,(H2,21,22,25). The van der Waals surface area contributed by atoms with Crippen LogP contribution in [0.2, 0.25) is 0 Å². The lowest BCUT2D eigenvalue weighted by molar-refractivity contribution is 0.0389. The summed E-state index contributed by atoms with van der Waals surface area (Å²) in [7, 11) is 0. The Bertz CT molecular complexity index is 592. The smallest absolute Gasteiger partial charge is 0.171 e. The van der Waals surface area contributed by atoms with Crippen molar-refractivity contribution in [1.82, 2.24) is 10.2 Å². The van der Waals surface area contributed by atoms with Crippen molar-refractivity contribution in [3.8, 4) is 5.75 Å². The summed E-state index contributed by atoms with van der Waals surface area (Å²) in [5.41, 5.74) is 0.922. The normalized spacial score (nSPS) is 25.9. The van der Waals surface area contributed by atoms with E-state index >= 15 is 0 Å². The van der Waals surface area contributed by atoms with Gasteiger partial charge in [-0.2, -0.15) is 0 Å². The molecule has 136 valence electrons. The average molecular weight is 360 g/mol. The van der Waals surface area contributed by atoms with Gasteiger partial charge in [0.15, 0.2) is 5.11 Å². The monoisotopic (exact) mass is 359 g/mol. The van der Waals surface area contributed by atoms with E-state index in [1.165, 1.54) is 19.3 Å². The third-order valence-electron chi connectivity index (χ3n) is 5.24. The van der Waals surface area contributed by atoms with E-state index in [0.29, 0.717) is 29.8 Å². The van der Waals surface area contributed by atoms with Gasteiger partial charge < -0.3 is 15.4 Å². The molecule has 1 aromatic rings. The largest absolute Gasteiger partial charge is 0.492 e. The van der Waals surface area contributed by atoms with E-state index in [4.69, 9.17) is 17.0 Å². The fourth-order valence-electron chi connectivity index (χ4n) is 4.24. The highest BCUT2D eigenvalue weighted by molar-refractivity contribution is 7.80. The summed E-state index contributed by atoms with van der Waals surface area (Å²) in [4.78, 5) is 2.63. The van der Waals surface area contributed by atoms with Crippen LogP contribution in [0.1, 0.15) is 39.0 Å². The predicted molar refractivity (Wildman–Crippen MR) is 108 cm³/mol. The van der Waals surface area contributed by atoms with Gasteiger partial charge in [-0.1, -0.05) is 24.6 Å². The van der Waals surface area contributed by atoms with E-state index in [9.17, 15) is 0 Å². The quantitative estimate of drug-likeness (QED) is 0.594. The first-order valence-corrected chi connectivity index (χ1v) is 9.78. The van der Waals surface area contributed by atoms with Crippen molar-refractivity contribution in [2.24, 2.45) is 0 Å². The molecule has 2 heterocycles. The maximum Gasteiger partial charge on any atom is 0.171 e. The minimum atomic E-state index is 0.440. The number of nitrogens with zero attached hydrogens (tertiary/aromatic N) is 1. The van der Waals surface area contributed by atoms with Crippen molar-refractivity contribution in [3.05, 3.63) is 36.9 Å². The average Bonchev–Trinajstić information content (AvgIpc) is 2.58. The second-order valence-electron chi connectivity index (χ2n) is 6.92. The van der Waals surface area contributed by atoms with Gasteiger partial charge in [-0.15, -0.1) is 6.58 Å². The number of anilines is 1. The predicted octanol–water partition coefficient (Wildman–Crippen LogP) is 3.94. The maximum absolute atomic E-state index is 5.66. The molecule has 25 heavy (non-hydrogen) atoms. The Hall–Kier alpha value is -1.59. The second kappa shape index (κ2) is 8.68. The summed E-state index contributed by atoms with van der Waals surface area (Å²) in [6, 6.07) is 9.68. The number of benzene rings is 1. The minimum absolute atomic E-state index is 0.440. The molecule has 2 atom stereocenters. The Labute approximate surface area is 156 Å². The van der Waals surface area contributed by atoms with E-state index < -0.39 is 0 Å². The second-order valence-corrected chi connectivity index (χ2v) is 7.33. The molecule has 2 saturated heterocycles. The third kappa shape index (κ3) is 4.53. The molecule has 5 heteroatoms. The lowest BCUT2D eigenvalue weighted by Crippen LogP contribution is -2.57. The topological polar surface area (TPSA) is 36.5 Å². The first kappa shape index (κ1) is 18.2. The van der Waals surface area contributed by atoms with Crippen LogP contribution in [-0.4, -0.2) is 41.3 Å². The summed E-state index contributed by atoms with van der Waals surface area (Å²) in [6.45, 7) is 7.56. The molecule has 0 aliphatic carbocycles. The van der Waals surface area contributed by atoms with Gasteiger partial charge in [-0.05, 0) is 57.0 Å². The zero-order valence-electron chi connectivity index (χ0n) is 15.0. The highest BCUT2D eigenvalue weighted by Crippen LogP contribution is 2.34. The molecular formula is C20H29N3OS. The van der Waals surface area contributed by atoms with Crippen LogP contribution in [0.5, 0.6) is 5.75 Å². The molecule has 0 saturated carbocycles. The van der Waals surface area contributed by atoms with Gasteiger partial charge in [0, 0.05) is 24.7 Å². The number of ether oxygens (including phenoxy) is 1. The molecule has 1 aromatic carbocycles. The van der Waals surface area contributed by atoms with Crippen LogP contribution in [0.15, 0.2) is 36.9 Å². The van der Waals surface area contributed by atoms with Gasteiger partial charge in [-0.25, -0.2) is 0 Å². The summed E-state index contributed by atoms with van der Waals surface area (Å²) >= 11 is 5.57. The van der Waals surface area contributed by atoms with Gasteiger partial charge in [0.1, 0.15) is 5.75 Å². The number of para-hydroxylation sites is 2. The first-order chi connectivity index (χ1) is 12.2. The van der Waals surface area contributed by atoms with Crippen LogP contribution in [0, 0.1) is 0 Å². The molecule has 0 aromatic heterocycles. The van der Waals surface area contributed by atoms with Crippen molar-refractivity contribution >= 4 is 23.0 Å².